The molecule has 1 N–H and O–H groups in total. The first-order chi connectivity index (χ1) is 14.8. The number of alkyl halides is 3. The van der Waals surface area contributed by atoms with Crippen LogP contribution in [0, 0.1) is 5.82 Å². The summed E-state index contributed by atoms with van der Waals surface area (Å²) in [5, 5.41) is 2.63. The summed E-state index contributed by atoms with van der Waals surface area (Å²) in [6.07, 6.45) is -3.00. The van der Waals surface area contributed by atoms with Gasteiger partial charge in [0.05, 0.1) is 12.6 Å². The van der Waals surface area contributed by atoms with Crippen LogP contribution < -0.4 is 10.1 Å². The van der Waals surface area contributed by atoms with Crippen LogP contribution in [-0.2, 0) is 22.6 Å². The number of hydrogen-bond acceptors (Lipinski definition) is 4. The molecule has 1 aliphatic heterocycles. The van der Waals surface area contributed by atoms with Gasteiger partial charge in [0.1, 0.15) is 11.6 Å². The molecular formula is C22H24F4N2O3. The second-order valence-corrected chi connectivity index (χ2v) is 7.37. The highest BCUT2D eigenvalue weighted by Crippen LogP contribution is 2.26. The zero-order chi connectivity index (χ0) is 22.3. The molecule has 2 aromatic rings. The third-order valence-corrected chi connectivity index (χ3v) is 4.82. The summed E-state index contributed by atoms with van der Waals surface area (Å²) in [6.45, 7) is 1.40. The van der Waals surface area contributed by atoms with E-state index in [-0.39, 0.29) is 42.2 Å². The van der Waals surface area contributed by atoms with Crippen LogP contribution in [0.2, 0.25) is 0 Å². The Bertz CT molecular complexity index is 870. The van der Waals surface area contributed by atoms with Crippen molar-refractivity contribution in [1.82, 2.24) is 10.2 Å². The molecule has 0 aromatic heterocycles. The topological polar surface area (TPSA) is 50.8 Å². The van der Waals surface area contributed by atoms with Gasteiger partial charge in [-0.3, -0.25) is 9.69 Å². The lowest BCUT2D eigenvalue weighted by molar-refractivity contribution is -0.274. The quantitative estimate of drug-likeness (QED) is 0.599. The highest BCUT2D eigenvalue weighted by Gasteiger charge is 2.32. The van der Waals surface area contributed by atoms with Gasteiger partial charge in [-0.1, -0.05) is 30.3 Å². The number of benzene rings is 2. The smallest absolute Gasteiger partial charge is 0.405 e. The Labute approximate surface area is 177 Å². The van der Waals surface area contributed by atoms with Gasteiger partial charge in [-0.05, 0) is 36.6 Å². The number of nitrogens with zero attached hydrogens (tertiary/aromatic N) is 1. The van der Waals surface area contributed by atoms with Crippen LogP contribution in [0.3, 0.4) is 0 Å². The van der Waals surface area contributed by atoms with Crippen LogP contribution in [0.15, 0.2) is 48.5 Å². The van der Waals surface area contributed by atoms with Gasteiger partial charge in [-0.25, -0.2) is 4.39 Å². The zero-order valence-corrected chi connectivity index (χ0v) is 16.8. The molecule has 1 unspecified atom stereocenters. The number of amides is 1. The highest BCUT2D eigenvalue weighted by atomic mass is 19.4. The average Bonchev–Trinajstić information content (AvgIpc) is 3.19. The van der Waals surface area contributed by atoms with Gasteiger partial charge < -0.3 is 14.8 Å². The Hall–Kier alpha value is -2.65. The van der Waals surface area contributed by atoms with Crippen molar-refractivity contribution in [2.75, 3.05) is 19.7 Å². The molecule has 0 bridgehead atoms. The molecule has 3 rings (SSSR count). The fourth-order valence-electron chi connectivity index (χ4n) is 3.48. The average molecular weight is 440 g/mol. The van der Waals surface area contributed by atoms with Crippen LogP contribution in [0.5, 0.6) is 5.75 Å². The number of halogens is 4. The van der Waals surface area contributed by atoms with Crippen LogP contribution in [0.1, 0.15) is 24.0 Å². The summed E-state index contributed by atoms with van der Waals surface area (Å²) in [4.78, 5) is 14.4. The van der Waals surface area contributed by atoms with Gasteiger partial charge in [0, 0.05) is 31.8 Å². The molecule has 1 saturated heterocycles. The SMILES string of the molecule is O=C(CN(Cc1cccc(F)c1)CC1CCCO1)NCc1ccccc1OC(F)(F)F. The van der Waals surface area contributed by atoms with Gasteiger partial charge in [-0.2, -0.15) is 0 Å². The number of carbonyl (C=O) groups is 1. The molecule has 0 radical (unpaired) electrons. The lowest BCUT2D eigenvalue weighted by atomic mass is 10.1. The number of para-hydroxylation sites is 1. The Morgan fingerprint density at radius 1 is 1.19 bits per heavy atom. The number of ether oxygens (including phenoxy) is 2. The van der Waals surface area contributed by atoms with E-state index in [4.69, 9.17) is 4.74 Å². The first-order valence-electron chi connectivity index (χ1n) is 9.97. The Balaban J connectivity index is 1.61. The number of carbonyl (C=O) groups excluding carboxylic acids is 1. The summed E-state index contributed by atoms with van der Waals surface area (Å²) in [5.74, 6) is -1.08. The molecule has 31 heavy (non-hydrogen) atoms. The van der Waals surface area contributed by atoms with Gasteiger partial charge >= 0.3 is 6.36 Å². The fourth-order valence-corrected chi connectivity index (χ4v) is 3.48. The van der Waals surface area contributed by atoms with Crippen LogP contribution in [0.4, 0.5) is 17.6 Å². The maximum atomic E-state index is 13.5. The monoisotopic (exact) mass is 440 g/mol. The number of rotatable bonds is 9. The van der Waals surface area contributed by atoms with E-state index in [1.165, 1.54) is 30.3 Å². The Kier molecular flexibility index (Phi) is 7.86. The van der Waals surface area contributed by atoms with Crippen molar-refractivity contribution in [3.63, 3.8) is 0 Å². The van der Waals surface area contributed by atoms with Crippen molar-refractivity contribution in [3.8, 4) is 5.75 Å². The summed E-state index contributed by atoms with van der Waals surface area (Å²) in [6, 6.07) is 11.8. The first-order valence-corrected chi connectivity index (χ1v) is 9.97. The molecule has 1 amide bonds. The van der Waals surface area contributed by atoms with E-state index < -0.39 is 6.36 Å². The third kappa shape index (κ3) is 7.84. The van der Waals surface area contributed by atoms with Crippen molar-refractivity contribution in [2.24, 2.45) is 0 Å². The first kappa shape index (κ1) is 23.0. The Morgan fingerprint density at radius 2 is 2.00 bits per heavy atom. The predicted octanol–water partition coefficient (Wildman–Crippen LogP) is 4.02. The summed E-state index contributed by atoms with van der Waals surface area (Å²) >= 11 is 0. The minimum absolute atomic E-state index is 0.00132. The third-order valence-electron chi connectivity index (χ3n) is 4.82. The molecule has 1 fully saturated rings. The van der Waals surface area contributed by atoms with Crippen LogP contribution in [0.25, 0.3) is 0 Å². The van der Waals surface area contributed by atoms with E-state index in [2.05, 4.69) is 10.1 Å². The highest BCUT2D eigenvalue weighted by molar-refractivity contribution is 5.78. The van der Waals surface area contributed by atoms with Gasteiger partial charge in [0.2, 0.25) is 5.91 Å². The molecule has 1 heterocycles. The van der Waals surface area contributed by atoms with Crippen LogP contribution >= 0.6 is 0 Å². The predicted molar refractivity (Wildman–Crippen MR) is 106 cm³/mol. The van der Waals surface area contributed by atoms with Crippen molar-refractivity contribution in [2.45, 2.75) is 38.4 Å². The van der Waals surface area contributed by atoms with E-state index in [9.17, 15) is 22.4 Å². The second kappa shape index (κ2) is 10.6. The fraction of sp³-hybridized carbons (Fsp3) is 0.409. The van der Waals surface area contributed by atoms with Gasteiger partial charge in [-0.15, -0.1) is 13.2 Å². The van der Waals surface area contributed by atoms with Crippen molar-refractivity contribution >= 4 is 5.91 Å². The maximum absolute atomic E-state index is 13.5. The summed E-state index contributed by atoms with van der Waals surface area (Å²) < 4.78 is 60.9. The van der Waals surface area contributed by atoms with Crippen molar-refractivity contribution < 1.29 is 31.8 Å². The number of nitrogens with one attached hydrogen (secondary N) is 1. The number of hydrogen-bond donors (Lipinski definition) is 1. The van der Waals surface area contributed by atoms with Crippen LogP contribution in [-0.4, -0.2) is 43.0 Å². The summed E-state index contributed by atoms with van der Waals surface area (Å²) in [5.41, 5.74) is 0.929. The molecule has 9 heteroatoms. The van der Waals surface area contributed by atoms with Gasteiger partial charge in [0.15, 0.2) is 0 Å². The molecule has 2 aromatic carbocycles. The lowest BCUT2D eigenvalue weighted by Crippen LogP contribution is -2.40. The molecule has 1 atom stereocenters. The minimum Gasteiger partial charge on any atom is -0.405 e. The van der Waals surface area contributed by atoms with Crippen molar-refractivity contribution in [1.29, 1.82) is 0 Å². The second-order valence-electron chi connectivity index (χ2n) is 7.37. The molecule has 0 spiro atoms. The largest absolute Gasteiger partial charge is 0.573 e. The minimum atomic E-state index is -4.82. The molecule has 0 aliphatic carbocycles. The molecule has 5 nitrogen and oxygen atoms in total. The van der Waals surface area contributed by atoms with E-state index in [0.717, 1.165) is 18.4 Å². The standard InChI is InChI=1S/C22H24F4N2O3/c23-18-7-3-5-16(11-18)13-28(14-19-8-4-10-30-19)15-21(29)27-12-17-6-1-2-9-20(17)31-22(24,25)26/h1-3,5-7,9,11,19H,4,8,10,12-15H2,(H,27,29). The van der Waals surface area contributed by atoms with Gasteiger partial charge in [0.25, 0.3) is 0 Å². The molecular weight excluding hydrogens is 416 g/mol. The Morgan fingerprint density at radius 3 is 2.71 bits per heavy atom. The normalized spacial score (nSPS) is 16.5. The van der Waals surface area contributed by atoms with Crippen molar-refractivity contribution in [3.05, 3.63) is 65.5 Å². The van der Waals surface area contributed by atoms with E-state index in [1.54, 1.807) is 18.2 Å². The maximum Gasteiger partial charge on any atom is 0.573 e. The van der Waals surface area contributed by atoms with E-state index >= 15 is 0 Å². The molecule has 168 valence electrons. The van der Waals surface area contributed by atoms with E-state index in [1.807, 2.05) is 4.90 Å². The summed E-state index contributed by atoms with van der Waals surface area (Å²) in [7, 11) is 0. The zero-order valence-electron chi connectivity index (χ0n) is 16.8. The molecule has 0 saturated carbocycles. The van der Waals surface area contributed by atoms with E-state index in [0.29, 0.717) is 19.7 Å². The lowest BCUT2D eigenvalue weighted by Gasteiger charge is -2.25. The molecule has 1 aliphatic rings.